The van der Waals surface area contributed by atoms with Crippen LogP contribution < -0.4 is 10.6 Å². The van der Waals surface area contributed by atoms with E-state index in [9.17, 15) is 9.90 Å². The Labute approximate surface area is 165 Å². The standard InChI is InChI=1S/C18H17N3O2S3/c1-25-14-5-2-11(3-6-14)15(9-17(22)23)21-18(24)20-13-4-7-16-12(8-13)10-19-26-16/h2-8,10,15H,9H2,1H3,(H,22,23)(H2,20,21,24)/t15-/m0/s1. The van der Waals surface area contributed by atoms with E-state index >= 15 is 0 Å². The van der Waals surface area contributed by atoms with Crippen molar-refractivity contribution in [3.8, 4) is 0 Å². The molecule has 3 rings (SSSR count). The minimum absolute atomic E-state index is 0.0616. The van der Waals surface area contributed by atoms with Gasteiger partial charge in [-0.05, 0) is 65.9 Å². The largest absolute Gasteiger partial charge is 0.481 e. The SMILES string of the molecule is CSc1ccc([C@H](CC(=O)O)NC(=S)Nc2ccc3sncc3c2)cc1. The molecule has 0 amide bonds. The van der Waals surface area contributed by atoms with Gasteiger partial charge in [0, 0.05) is 22.2 Å². The van der Waals surface area contributed by atoms with E-state index in [1.54, 1.807) is 11.8 Å². The molecule has 0 radical (unpaired) electrons. The van der Waals surface area contributed by atoms with Gasteiger partial charge in [0.15, 0.2) is 5.11 Å². The van der Waals surface area contributed by atoms with Crippen LogP contribution in [-0.4, -0.2) is 26.8 Å². The first-order valence-electron chi connectivity index (χ1n) is 7.83. The molecule has 0 saturated carbocycles. The number of fused-ring (bicyclic) bond motifs is 1. The minimum Gasteiger partial charge on any atom is -0.481 e. The van der Waals surface area contributed by atoms with Gasteiger partial charge in [0.2, 0.25) is 0 Å². The highest BCUT2D eigenvalue weighted by Crippen LogP contribution is 2.23. The molecule has 3 aromatic rings. The van der Waals surface area contributed by atoms with Crippen LogP contribution >= 0.6 is 35.5 Å². The van der Waals surface area contributed by atoms with Crippen LogP contribution in [0.5, 0.6) is 0 Å². The molecule has 0 aliphatic carbocycles. The van der Waals surface area contributed by atoms with Gasteiger partial charge in [0.1, 0.15) is 0 Å². The highest BCUT2D eigenvalue weighted by atomic mass is 32.2. The van der Waals surface area contributed by atoms with E-state index in [0.717, 1.165) is 26.2 Å². The van der Waals surface area contributed by atoms with Crippen LogP contribution in [0.25, 0.3) is 10.1 Å². The van der Waals surface area contributed by atoms with Crippen LogP contribution in [0, 0.1) is 0 Å². The lowest BCUT2D eigenvalue weighted by molar-refractivity contribution is -0.137. The summed E-state index contributed by atoms with van der Waals surface area (Å²) in [6, 6.07) is 13.3. The number of thioether (sulfide) groups is 1. The lowest BCUT2D eigenvalue weighted by Crippen LogP contribution is -2.33. The van der Waals surface area contributed by atoms with Crippen molar-refractivity contribution in [3.63, 3.8) is 0 Å². The average Bonchev–Trinajstić information content (AvgIpc) is 3.08. The van der Waals surface area contributed by atoms with Crippen LogP contribution in [0.15, 0.2) is 53.6 Å². The van der Waals surface area contributed by atoms with Gasteiger partial charge in [-0.2, -0.15) is 4.37 Å². The molecular weight excluding hydrogens is 386 g/mol. The molecular formula is C18H17N3O2S3. The Morgan fingerprint density at radius 1 is 1.31 bits per heavy atom. The van der Waals surface area contributed by atoms with Crippen LogP contribution in [0.4, 0.5) is 5.69 Å². The number of nitrogens with zero attached hydrogens (tertiary/aromatic N) is 1. The van der Waals surface area contributed by atoms with Gasteiger partial charge >= 0.3 is 5.97 Å². The van der Waals surface area contributed by atoms with Crippen molar-refractivity contribution in [2.45, 2.75) is 17.4 Å². The predicted octanol–water partition coefficient (Wildman–Crippen LogP) is 4.52. The molecule has 0 spiro atoms. The monoisotopic (exact) mass is 403 g/mol. The van der Waals surface area contributed by atoms with Gasteiger partial charge in [-0.1, -0.05) is 12.1 Å². The number of nitrogens with one attached hydrogen (secondary N) is 2. The molecule has 0 aliphatic rings. The number of hydrogen-bond donors (Lipinski definition) is 3. The van der Waals surface area contributed by atoms with Crippen molar-refractivity contribution >= 4 is 62.4 Å². The molecule has 8 heteroatoms. The summed E-state index contributed by atoms with van der Waals surface area (Å²) in [5.41, 5.74) is 1.72. The molecule has 1 atom stereocenters. The number of carboxylic acid groups (broad SMARTS) is 1. The molecule has 134 valence electrons. The Bertz CT molecular complexity index is 925. The average molecular weight is 404 g/mol. The third-order valence-corrected chi connectivity index (χ3v) is 5.56. The Kier molecular flexibility index (Phi) is 6.08. The third-order valence-electron chi connectivity index (χ3n) is 3.81. The second-order valence-electron chi connectivity index (χ2n) is 5.60. The fourth-order valence-electron chi connectivity index (χ4n) is 2.54. The Morgan fingerprint density at radius 2 is 2.08 bits per heavy atom. The Balaban J connectivity index is 1.72. The smallest absolute Gasteiger partial charge is 0.305 e. The van der Waals surface area contributed by atoms with Gasteiger partial charge < -0.3 is 15.7 Å². The molecule has 1 aromatic heterocycles. The number of carboxylic acids is 1. The number of carbonyl (C=O) groups is 1. The lowest BCUT2D eigenvalue weighted by Gasteiger charge is -2.20. The zero-order valence-corrected chi connectivity index (χ0v) is 16.4. The first kappa shape index (κ1) is 18.6. The maximum atomic E-state index is 11.2. The summed E-state index contributed by atoms with van der Waals surface area (Å²) >= 11 is 8.46. The molecule has 1 heterocycles. The van der Waals surface area contributed by atoms with E-state index in [-0.39, 0.29) is 6.42 Å². The number of aromatic nitrogens is 1. The van der Waals surface area contributed by atoms with Gasteiger partial charge in [0.25, 0.3) is 0 Å². The van der Waals surface area contributed by atoms with Gasteiger partial charge in [-0.25, -0.2) is 0 Å². The topological polar surface area (TPSA) is 74.2 Å². The minimum atomic E-state index is -0.884. The molecule has 0 unspecified atom stereocenters. The molecule has 0 aliphatic heterocycles. The van der Waals surface area contributed by atoms with Crippen LogP contribution in [0.2, 0.25) is 0 Å². The molecule has 26 heavy (non-hydrogen) atoms. The van der Waals surface area contributed by atoms with Crippen LogP contribution in [0.3, 0.4) is 0 Å². The van der Waals surface area contributed by atoms with E-state index in [1.807, 2.05) is 54.9 Å². The summed E-state index contributed by atoms with van der Waals surface area (Å²) in [6.45, 7) is 0. The maximum absolute atomic E-state index is 11.2. The predicted molar refractivity (Wildman–Crippen MR) is 112 cm³/mol. The second-order valence-corrected chi connectivity index (χ2v) is 7.72. The van der Waals surface area contributed by atoms with E-state index in [2.05, 4.69) is 15.0 Å². The summed E-state index contributed by atoms with van der Waals surface area (Å²) < 4.78 is 5.26. The lowest BCUT2D eigenvalue weighted by atomic mass is 10.0. The van der Waals surface area contributed by atoms with Gasteiger partial charge in [-0.15, -0.1) is 11.8 Å². The summed E-state index contributed by atoms with van der Waals surface area (Å²) in [4.78, 5) is 12.4. The summed E-state index contributed by atoms with van der Waals surface area (Å²) in [5.74, 6) is -0.884. The number of thiocarbonyl (C=S) groups is 1. The maximum Gasteiger partial charge on any atom is 0.305 e. The zero-order valence-electron chi connectivity index (χ0n) is 13.9. The quantitative estimate of drug-likeness (QED) is 0.413. The molecule has 5 nitrogen and oxygen atoms in total. The van der Waals surface area contributed by atoms with E-state index in [1.165, 1.54) is 11.5 Å². The summed E-state index contributed by atoms with van der Waals surface area (Å²) in [7, 11) is 0. The number of hydrogen-bond acceptors (Lipinski definition) is 5. The van der Waals surface area contributed by atoms with Gasteiger partial charge in [0.05, 0.1) is 17.2 Å². The Morgan fingerprint density at radius 3 is 2.77 bits per heavy atom. The van der Waals surface area contributed by atoms with Crippen molar-refractivity contribution in [1.29, 1.82) is 0 Å². The van der Waals surface area contributed by atoms with Crippen molar-refractivity contribution in [2.24, 2.45) is 0 Å². The summed E-state index contributed by atoms with van der Waals surface area (Å²) in [5, 5.41) is 16.9. The number of benzene rings is 2. The highest BCUT2D eigenvalue weighted by Gasteiger charge is 2.17. The van der Waals surface area contributed by atoms with Crippen molar-refractivity contribution in [2.75, 3.05) is 11.6 Å². The molecule has 0 bridgehead atoms. The number of aliphatic carboxylic acids is 1. The zero-order chi connectivity index (χ0) is 18.5. The number of anilines is 1. The molecule has 0 fully saturated rings. The van der Waals surface area contributed by atoms with E-state index in [0.29, 0.717) is 5.11 Å². The van der Waals surface area contributed by atoms with Crippen molar-refractivity contribution in [1.82, 2.24) is 9.69 Å². The van der Waals surface area contributed by atoms with E-state index in [4.69, 9.17) is 12.2 Å². The Hall–Kier alpha value is -2.16. The van der Waals surface area contributed by atoms with Gasteiger partial charge in [-0.3, -0.25) is 4.79 Å². The normalized spacial score (nSPS) is 11.9. The fourth-order valence-corrected chi connectivity index (χ4v) is 3.83. The fraction of sp³-hybridized carbons (Fsp3) is 0.167. The first-order chi connectivity index (χ1) is 12.5. The molecule has 3 N–H and O–H groups in total. The van der Waals surface area contributed by atoms with Crippen molar-refractivity contribution < 1.29 is 9.90 Å². The van der Waals surface area contributed by atoms with Crippen LogP contribution in [-0.2, 0) is 4.79 Å². The first-order valence-corrected chi connectivity index (χ1v) is 10.2. The summed E-state index contributed by atoms with van der Waals surface area (Å²) in [6.07, 6.45) is 3.75. The van der Waals surface area contributed by atoms with Crippen molar-refractivity contribution in [3.05, 3.63) is 54.2 Å². The third kappa shape index (κ3) is 4.72. The van der Waals surface area contributed by atoms with E-state index < -0.39 is 12.0 Å². The molecule has 2 aromatic carbocycles. The molecule has 0 saturated heterocycles. The number of rotatable bonds is 6. The highest BCUT2D eigenvalue weighted by molar-refractivity contribution is 7.98. The second kappa shape index (κ2) is 8.48. The van der Waals surface area contributed by atoms with Crippen LogP contribution in [0.1, 0.15) is 18.0 Å².